The van der Waals surface area contributed by atoms with Gasteiger partial charge in [-0.1, -0.05) is 25.7 Å². The number of hydrogen-bond donors (Lipinski definition) is 1. The maximum absolute atomic E-state index is 12.5. The van der Waals surface area contributed by atoms with Crippen molar-refractivity contribution in [2.24, 2.45) is 11.7 Å². The Morgan fingerprint density at radius 1 is 1.17 bits per heavy atom. The normalized spacial score (nSPS) is 22.9. The number of esters is 1. The van der Waals surface area contributed by atoms with E-state index in [0.29, 0.717) is 31.7 Å². The predicted octanol–water partition coefficient (Wildman–Crippen LogP) is 1.58. The first-order valence-corrected chi connectivity index (χ1v) is 8.47. The minimum Gasteiger partial charge on any atom is -0.434 e. The van der Waals surface area contributed by atoms with E-state index in [2.05, 4.69) is 9.47 Å². The van der Waals surface area contributed by atoms with Gasteiger partial charge in [0.1, 0.15) is 6.04 Å². The lowest BCUT2D eigenvalue weighted by Gasteiger charge is -2.26. The molecule has 1 unspecified atom stereocenters. The van der Waals surface area contributed by atoms with Gasteiger partial charge in [-0.3, -0.25) is 4.79 Å². The van der Waals surface area contributed by atoms with Crippen LogP contribution in [0.5, 0.6) is 0 Å². The smallest absolute Gasteiger partial charge is 0.434 e. The largest absolute Gasteiger partial charge is 0.516 e. The lowest BCUT2D eigenvalue weighted by atomic mass is 9.98. The van der Waals surface area contributed by atoms with Crippen molar-refractivity contribution in [3.8, 4) is 0 Å². The van der Waals surface area contributed by atoms with Gasteiger partial charge >= 0.3 is 12.1 Å². The maximum Gasteiger partial charge on any atom is 0.516 e. The highest BCUT2D eigenvalue weighted by Crippen LogP contribution is 2.29. The van der Waals surface area contributed by atoms with Crippen LogP contribution < -0.4 is 5.73 Å². The summed E-state index contributed by atoms with van der Waals surface area (Å²) >= 11 is 0. The van der Waals surface area contributed by atoms with Gasteiger partial charge < -0.3 is 20.1 Å². The fourth-order valence-electron chi connectivity index (χ4n) is 3.49. The molecule has 0 aromatic rings. The molecule has 1 amide bonds. The molecule has 2 atom stereocenters. The Morgan fingerprint density at radius 2 is 1.87 bits per heavy atom. The molecule has 7 heteroatoms. The second-order valence-electron chi connectivity index (χ2n) is 6.29. The van der Waals surface area contributed by atoms with E-state index in [9.17, 15) is 14.4 Å². The van der Waals surface area contributed by atoms with E-state index in [4.69, 9.17) is 5.73 Å². The second-order valence-corrected chi connectivity index (χ2v) is 6.29. The van der Waals surface area contributed by atoms with Crippen LogP contribution in [-0.2, 0) is 19.1 Å². The van der Waals surface area contributed by atoms with E-state index in [1.807, 2.05) is 0 Å². The molecular weight excluding hydrogens is 300 g/mol. The summed E-state index contributed by atoms with van der Waals surface area (Å²) in [6.45, 7) is 2.23. The van der Waals surface area contributed by atoms with Crippen LogP contribution in [0.15, 0.2) is 0 Å². The number of rotatable bonds is 5. The Hall–Kier alpha value is -1.63. The fourth-order valence-corrected chi connectivity index (χ4v) is 3.49. The van der Waals surface area contributed by atoms with E-state index in [1.165, 1.54) is 17.7 Å². The fraction of sp³-hybridized carbons (Fsp3) is 0.812. The lowest BCUT2D eigenvalue weighted by molar-refractivity contribution is -0.150. The zero-order chi connectivity index (χ0) is 16.8. The van der Waals surface area contributed by atoms with E-state index < -0.39 is 24.2 Å². The Morgan fingerprint density at radius 3 is 2.52 bits per heavy atom. The van der Waals surface area contributed by atoms with Crippen LogP contribution in [0.3, 0.4) is 0 Å². The average molecular weight is 326 g/mol. The van der Waals surface area contributed by atoms with Gasteiger partial charge in [0.15, 0.2) is 0 Å². The van der Waals surface area contributed by atoms with Crippen LogP contribution in [0, 0.1) is 5.92 Å². The zero-order valence-corrected chi connectivity index (χ0v) is 13.7. The molecule has 0 spiro atoms. The highest BCUT2D eigenvalue weighted by atomic mass is 16.7. The highest BCUT2D eigenvalue weighted by molar-refractivity contribution is 5.91. The molecule has 1 aliphatic heterocycles. The van der Waals surface area contributed by atoms with Crippen LogP contribution in [0.25, 0.3) is 0 Å². The van der Waals surface area contributed by atoms with Crippen LogP contribution >= 0.6 is 0 Å². The summed E-state index contributed by atoms with van der Waals surface area (Å²) in [6.07, 6.45) is 5.46. The Kier molecular flexibility index (Phi) is 6.38. The third kappa shape index (κ3) is 4.67. The second kappa shape index (κ2) is 8.29. The van der Waals surface area contributed by atoms with Crippen molar-refractivity contribution < 1.29 is 23.9 Å². The molecule has 23 heavy (non-hydrogen) atoms. The number of carbonyl (C=O) groups is 3. The third-order valence-electron chi connectivity index (χ3n) is 4.63. The van der Waals surface area contributed by atoms with E-state index in [1.54, 1.807) is 6.92 Å². The minimum absolute atomic E-state index is 0.131. The Balaban J connectivity index is 1.90. The number of amides is 1. The Bertz CT molecular complexity index is 448. The highest BCUT2D eigenvalue weighted by Gasteiger charge is 2.38. The quantitative estimate of drug-likeness (QED) is 0.608. The molecule has 1 heterocycles. The van der Waals surface area contributed by atoms with Gasteiger partial charge in [0.25, 0.3) is 0 Å². The molecule has 0 aromatic heterocycles. The van der Waals surface area contributed by atoms with Gasteiger partial charge in [-0.05, 0) is 32.1 Å². The number of carbonyl (C=O) groups excluding carboxylic acids is 3. The first kappa shape index (κ1) is 17.7. The molecular formula is C16H26N2O5. The van der Waals surface area contributed by atoms with Crippen molar-refractivity contribution in [3.63, 3.8) is 0 Å². The molecule has 130 valence electrons. The summed E-state index contributed by atoms with van der Waals surface area (Å²) in [4.78, 5) is 37.3. The molecule has 0 bridgehead atoms. The monoisotopic (exact) mass is 326 g/mol. The van der Waals surface area contributed by atoms with Gasteiger partial charge in [0.2, 0.25) is 5.91 Å². The molecule has 2 fully saturated rings. The molecule has 0 aromatic carbocycles. The number of hydrogen-bond acceptors (Lipinski definition) is 6. The molecule has 1 saturated heterocycles. The summed E-state index contributed by atoms with van der Waals surface area (Å²) in [5.74, 6) is -0.455. The van der Waals surface area contributed by atoms with Crippen molar-refractivity contribution in [2.75, 3.05) is 13.2 Å². The van der Waals surface area contributed by atoms with Crippen molar-refractivity contribution in [1.29, 1.82) is 0 Å². The van der Waals surface area contributed by atoms with Gasteiger partial charge in [-0.25, -0.2) is 9.59 Å². The van der Waals surface area contributed by atoms with Crippen LogP contribution in [-0.4, -0.2) is 48.2 Å². The molecule has 0 radical (unpaired) electrons. The van der Waals surface area contributed by atoms with E-state index >= 15 is 0 Å². The molecule has 2 N–H and O–H groups in total. The number of nitrogens with zero attached hydrogens (tertiary/aromatic N) is 1. The molecule has 1 saturated carbocycles. The van der Waals surface area contributed by atoms with Gasteiger partial charge in [-0.2, -0.15) is 0 Å². The van der Waals surface area contributed by atoms with E-state index in [0.717, 1.165) is 12.8 Å². The standard InChI is InChI=1S/C16H26N2O5/c1-2-22-16(21)23-15(20)13-8-5-9-18(13)14(19)12(17)10-11-6-3-4-7-11/h11-13H,2-10,17H2,1H3/t12?,13-/m0/s1. The molecule has 7 nitrogen and oxygen atoms in total. The number of ether oxygens (including phenoxy) is 2. The van der Waals surface area contributed by atoms with Gasteiger partial charge in [-0.15, -0.1) is 0 Å². The molecule has 2 aliphatic rings. The Labute approximate surface area is 136 Å². The average Bonchev–Trinajstić information content (AvgIpc) is 3.17. The number of likely N-dealkylation sites (tertiary alicyclic amines) is 1. The van der Waals surface area contributed by atoms with Crippen LogP contribution in [0.2, 0.25) is 0 Å². The predicted molar refractivity (Wildman–Crippen MR) is 82.4 cm³/mol. The molecule has 1 aliphatic carbocycles. The SMILES string of the molecule is CCOC(=O)OC(=O)[C@@H]1CCCN1C(=O)C(N)CC1CCCC1. The first-order chi connectivity index (χ1) is 11.0. The van der Waals surface area contributed by atoms with Crippen LogP contribution in [0.1, 0.15) is 51.9 Å². The minimum atomic E-state index is -1.02. The maximum atomic E-state index is 12.5. The van der Waals surface area contributed by atoms with Crippen molar-refractivity contribution in [2.45, 2.75) is 64.0 Å². The number of nitrogens with two attached hydrogens (primary N) is 1. The van der Waals surface area contributed by atoms with Gasteiger partial charge in [0, 0.05) is 6.54 Å². The zero-order valence-electron chi connectivity index (χ0n) is 13.7. The van der Waals surface area contributed by atoms with E-state index in [-0.39, 0.29) is 12.5 Å². The summed E-state index contributed by atoms with van der Waals surface area (Å²) < 4.78 is 9.23. The van der Waals surface area contributed by atoms with Gasteiger partial charge in [0.05, 0.1) is 12.6 Å². The van der Waals surface area contributed by atoms with Crippen LogP contribution in [0.4, 0.5) is 4.79 Å². The third-order valence-corrected chi connectivity index (χ3v) is 4.63. The summed E-state index contributed by atoms with van der Waals surface area (Å²) in [5, 5.41) is 0. The van der Waals surface area contributed by atoms with Crippen molar-refractivity contribution in [3.05, 3.63) is 0 Å². The molecule has 2 rings (SSSR count). The summed E-state index contributed by atoms with van der Waals surface area (Å²) in [7, 11) is 0. The van der Waals surface area contributed by atoms with Crippen molar-refractivity contribution in [1.82, 2.24) is 4.90 Å². The van der Waals surface area contributed by atoms with Crippen molar-refractivity contribution >= 4 is 18.0 Å². The summed E-state index contributed by atoms with van der Waals surface area (Å²) in [6, 6.07) is -1.32. The topological polar surface area (TPSA) is 98.9 Å². The lowest BCUT2D eigenvalue weighted by Crippen LogP contribution is -2.49. The summed E-state index contributed by atoms with van der Waals surface area (Å²) in [5.41, 5.74) is 6.05. The first-order valence-electron chi connectivity index (χ1n) is 8.47.